The number of carbonyl (C=O) groups excluding carboxylic acids is 1. The van der Waals surface area contributed by atoms with E-state index in [1.54, 1.807) is 18.5 Å². The molecule has 3 aromatic heterocycles. The lowest BCUT2D eigenvalue weighted by molar-refractivity contribution is 0.0346. The minimum atomic E-state index is -0.214. The number of carbonyl (C=O) groups is 1. The molecule has 0 radical (unpaired) electrons. The molecular weight excluding hydrogens is 410 g/mol. The minimum Gasteiger partial charge on any atom is -0.379 e. The lowest BCUT2D eigenvalue weighted by atomic mass is 10.1. The van der Waals surface area contributed by atoms with Crippen LogP contribution in [-0.4, -0.2) is 52.1 Å². The van der Waals surface area contributed by atoms with Crippen molar-refractivity contribution < 1.29 is 9.53 Å². The molecule has 1 aliphatic rings. The molecule has 0 saturated carbocycles. The van der Waals surface area contributed by atoms with Gasteiger partial charge in [0.25, 0.3) is 5.91 Å². The van der Waals surface area contributed by atoms with Crippen molar-refractivity contribution in [2.75, 3.05) is 31.6 Å². The van der Waals surface area contributed by atoms with E-state index in [0.717, 1.165) is 54.4 Å². The predicted octanol–water partition coefficient (Wildman–Crippen LogP) is 3.84. The first-order valence-electron chi connectivity index (χ1n) is 10.1. The van der Waals surface area contributed by atoms with Crippen LogP contribution >= 0.6 is 11.3 Å². The predicted molar refractivity (Wildman–Crippen MR) is 121 cm³/mol. The molecule has 0 aliphatic carbocycles. The number of pyridine rings is 2. The molecule has 156 valence electrons. The van der Waals surface area contributed by atoms with Gasteiger partial charge in [0.1, 0.15) is 0 Å². The van der Waals surface area contributed by atoms with Crippen LogP contribution in [0.4, 0.5) is 5.13 Å². The number of thiazole rings is 1. The van der Waals surface area contributed by atoms with E-state index in [1.165, 1.54) is 11.3 Å². The normalized spacial score (nSPS) is 14.6. The molecule has 1 aromatic carbocycles. The molecule has 4 aromatic rings. The largest absolute Gasteiger partial charge is 0.379 e. The summed E-state index contributed by atoms with van der Waals surface area (Å²) in [5.74, 6) is -0.214. The highest BCUT2D eigenvalue weighted by Gasteiger charge is 2.16. The number of morpholine rings is 1. The van der Waals surface area contributed by atoms with Crippen LogP contribution in [0.15, 0.2) is 61.1 Å². The first-order valence-corrected chi connectivity index (χ1v) is 10.9. The summed E-state index contributed by atoms with van der Waals surface area (Å²) >= 11 is 1.50. The molecule has 1 N–H and O–H groups in total. The summed E-state index contributed by atoms with van der Waals surface area (Å²) < 4.78 is 5.40. The molecule has 7 nitrogen and oxygen atoms in total. The van der Waals surface area contributed by atoms with Crippen molar-refractivity contribution >= 4 is 33.3 Å². The number of para-hydroxylation sites is 1. The number of nitrogens with zero attached hydrogens (tertiary/aromatic N) is 4. The van der Waals surface area contributed by atoms with Crippen LogP contribution in [0.25, 0.3) is 22.2 Å². The molecule has 0 atom stereocenters. The van der Waals surface area contributed by atoms with Gasteiger partial charge >= 0.3 is 0 Å². The maximum atomic E-state index is 13.1. The van der Waals surface area contributed by atoms with Crippen molar-refractivity contribution in [3.05, 3.63) is 71.5 Å². The van der Waals surface area contributed by atoms with E-state index >= 15 is 0 Å². The third kappa shape index (κ3) is 4.46. The average Bonchev–Trinajstić information content (AvgIpc) is 3.26. The number of benzene rings is 1. The number of aromatic nitrogens is 3. The Morgan fingerprint density at radius 2 is 2.00 bits per heavy atom. The van der Waals surface area contributed by atoms with E-state index in [4.69, 9.17) is 9.72 Å². The lowest BCUT2D eigenvalue weighted by Gasteiger charge is -2.25. The van der Waals surface area contributed by atoms with E-state index in [2.05, 4.69) is 20.2 Å². The molecule has 0 bridgehead atoms. The topological polar surface area (TPSA) is 80.2 Å². The highest BCUT2D eigenvalue weighted by molar-refractivity contribution is 7.15. The van der Waals surface area contributed by atoms with Gasteiger partial charge in [-0.15, -0.1) is 11.3 Å². The van der Waals surface area contributed by atoms with Gasteiger partial charge in [-0.3, -0.25) is 20.0 Å². The summed E-state index contributed by atoms with van der Waals surface area (Å²) in [5.41, 5.74) is 2.87. The minimum absolute atomic E-state index is 0.214. The Bertz CT molecular complexity index is 1210. The van der Waals surface area contributed by atoms with Gasteiger partial charge in [-0.1, -0.05) is 18.2 Å². The van der Waals surface area contributed by atoms with Crippen LogP contribution in [0.1, 0.15) is 15.2 Å². The molecule has 1 fully saturated rings. The highest BCUT2D eigenvalue weighted by atomic mass is 32.1. The van der Waals surface area contributed by atoms with Crippen LogP contribution < -0.4 is 5.32 Å². The number of hydrogen-bond donors (Lipinski definition) is 1. The van der Waals surface area contributed by atoms with Gasteiger partial charge in [-0.2, -0.15) is 0 Å². The Morgan fingerprint density at radius 1 is 1.10 bits per heavy atom. The molecule has 0 unspecified atom stereocenters. The summed E-state index contributed by atoms with van der Waals surface area (Å²) in [5, 5.41) is 4.44. The smallest absolute Gasteiger partial charge is 0.259 e. The first-order chi connectivity index (χ1) is 15.3. The van der Waals surface area contributed by atoms with Gasteiger partial charge < -0.3 is 4.74 Å². The summed E-state index contributed by atoms with van der Waals surface area (Å²) in [4.78, 5) is 29.8. The zero-order valence-corrected chi connectivity index (χ0v) is 17.6. The van der Waals surface area contributed by atoms with E-state index in [0.29, 0.717) is 16.2 Å². The van der Waals surface area contributed by atoms with Crippen molar-refractivity contribution in [2.45, 2.75) is 6.54 Å². The molecule has 1 aliphatic heterocycles. The quantitative estimate of drug-likeness (QED) is 0.517. The van der Waals surface area contributed by atoms with Gasteiger partial charge in [-0.25, -0.2) is 9.97 Å². The average molecular weight is 432 g/mol. The Morgan fingerprint density at radius 3 is 2.84 bits per heavy atom. The number of rotatable bonds is 5. The molecule has 4 heterocycles. The fourth-order valence-electron chi connectivity index (χ4n) is 3.59. The second-order valence-electron chi connectivity index (χ2n) is 7.29. The van der Waals surface area contributed by atoms with Crippen LogP contribution in [0.3, 0.4) is 0 Å². The Balaban J connectivity index is 1.37. The molecule has 1 amide bonds. The van der Waals surface area contributed by atoms with Crippen LogP contribution in [0.5, 0.6) is 0 Å². The van der Waals surface area contributed by atoms with Crippen LogP contribution in [0, 0.1) is 0 Å². The van der Waals surface area contributed by atoms with Gasteiger partial charge in [-0.05, 0) is 24.3 Å². The first kappa shape index (κ1) is 19.7. The van der Waals surface area contributed by atoms with E-state index in [1.807, 2.05) is 42.6 Å². The fraction of sp³-hybridized carbons (Fsp3) is 0.217. The number of fused-ring (bicyclic) bond motifs is 1. The van der Waals surface area contributed by atoms with E-state index in [9.17, 15) is 4.79 Å². The van der Waals surface area contributed by atoms with Crippen molar-refractivity contribution in [1.29, 1.82) is 0 Å². The lowest BCUT2D eigenvalue weighted by Crippen LogP contribution is -2.35. The third-order valence-corrected chi connectivity index (χ3v) is 6.08. The summed E-state index contributed by atoms with van der Waals surface area (Å²) in [6.07, 6.45) is 5.32. The molecule has 8 heteroatoms. The Hall–Kier alpha value is -3.20. The summed E-state index contributed by atoms with van der Waals surface area (Å²) in [6, 6.07) is 13.4. The molecule has 0 spiro atoms. The molecule has 1 saturated heterocycles. The van der Waals surface area contributed by atoms with Crippen LogP contribution in [0.2, 0.25) is 0 Å². The van der Waals surface area contributed by atoms with Crippen molar-refractivity contribution in [3.8, 4) is 11.3 Å². The van der Waals surface area contributed by atoms with Crippen molar-refractivity contribution in [3.63, 3.8) is 0 Å². The van der Waals surface area contributed by atoms with E-state index in [-0.39, 0.29) is 5.91 Å². The number of hydrogen-bond acceptors (Lipinski definition) is 7. The van der Waals surface area contributed by atoms with Crippen molar-refractivity contribution in [1.82, 2.24) is 19.9 Å². The SMILES string of the molecule is O=C(Nc1ncc(CN2CCOCC2)s1)c1cccc2ccc(-c3cccnc3)nc12. The monoisotopic (exact) mass is 431 g/mol. The molecule has 5 rings (SSSR count). The zero-order chi connectivity index (χ0) is 21.0. The Kier molecular flexibility index (Phi) is 5.66. The van der Waals surface area contributed by atoms with Gasteiger partial charge in [0, 0.05) is 54.1 Å². The van der Waals surface area contributed by atoms with Gasteiger partial charge in [0.15, 0.2) is 5.13 Å². The number of nitrogens with one attached hydrogen (secondary N) is 1. The van der Waals surface area contributed by atoms with Gasteiger partial charge in [0.2, 0.25) is 0 Å². The third-order valence-electron chi connectivity index (χ3n) is 5.18. The summed E-state index contributed by atoms with van der Waals surface area (Å²) in [7, 11) is 0. The summed E-state index contributed by atoms with van der Waals surface area (Å²) in [6.45, 7) is 4.18. The standard InChI is InChI=1S/C23H21N5O2S/c29-22(27-23-25-14-18(31-23)15-28-9-11-30-12-10-28)19-5-1-3-16-6-7-20(26-21(16)19)17-4-2-8-24-13-17/h1-8,13-14H,9-12,15H2,(H,25,27,29). The Labute approximate surface area is 183 Å². The van der Waals surface area contributed by atoms with Crippen molar-refractivity contribution in [2.24, 2.45) is 0 Å². The number of ether oxygens (including phenoxy) is 1. The second-order valence-corrected chi connectivity index (χ2v) is 8.41. The van der Waals surface area contributed by atoms with Crippen LogP contribution in [-0.2, 0) is 11.3 Å². The maximum Gasteiger partial charge on any atom is 0.259 e. The molecule has 31 heavy (non-hydrogen) atoms. The zero-order valence-electron chi connectivity index (χ0n) is 16.8. The van der Waals surface area contributed by atoms with E-state index < -0.39 is 0 Å². The maximum absolute atomic E-state index is 13.1. The van der Waals surface area contributed by atoms with Gasteiger partial charge in [0.05, 0.1) is 30.0 Å². The highest BCUT2D eigenvalue weighted by Crippen LogP contribution is 2.25. The number of amides is 1. The number of anilines is 1. The second kappa shape index (κ2) is 8.89. The fourth-order valence-corrected chi connectivity index (χ4v) is 4.44. The molecular formula is C23H21N5O2S.